The van der Waals surface area contributed by atoms with E-state index in [1.807, 2.05) is 12.1 Å². The first-order chi connectivity index (χ1) is 16.0. The number of rotatable bonds is 3. The predicted octanol–water partition coefficient (Wildman–Crippen LogP) is 2.37. The molecule has 33 heavy (non-hydrogen) atoms. The summed E-state index contributed by atoms with van der Waals surface area (Å²) in [7, 11) is 0. The standard InChI is InChI=1S/C26H27N3O4/c30-23-7-6-21(24(31)27-23)29-15-18-12-20-22(13-19(18)25(29)32)33-16-26(20)8-10-28(11-9-26)14-17-4-2-1-3-5-17/h1-5,12-13,21H,6-11,14-16H2,(H,27,30,31). The van der Waals surface area contributed by atoms with E-state index in [1.54, 1.807) is 4.90 Å². The number of hydrogen-bond donors (Lipinski definition) is 1. The van der Waals surface area contributed by atoms with E-state index in [4.69, 9.17) is 4.74 Å². The molecule has 170 valence electrons. The number of imide groups is 1. The van der Waals surface area contributed by atoms with Gasteiger partial charge in [-0.15, -0.1) is 0 Å². The van der Waals surface area contributed by atoms with Crippen molar-refractivity contribution in [1.82, 2.24) is 15.1 Å². The topological polar surface area (TPSA) is 79.0 Å². The summed E-state index contributed by atoms with van der Waals surface area (Å²) in [6.45, 7) is 4.05. The van der Waals surface area contributed by atoms with Crippen LogP contribution in [0.1, 0.15) is 52.7 Å². The van der Waals surface area contributed by atoms with E-state index >= 15 is 0 Å². The SMILES string of the molecule is O=C1CCC(N2Cc3cc4c(cc3C2=O)OCC42CCN(Cc3ccccc3)CC2)C(=O)N1. The van der Waals surface area contributed by atoms with Crippen molar-refractivity contribution in [1.29, 1.82) is 0 Å². The van der Waals surface area contributed by atoms with E-state index in [9.17, 15) is 14.4 Å². The van der Waals surface area contributed by atoms with Crippen molar-refractivity contribution < 1.29 is 19.1 Å². The zero-order valence-corrected chi connectivity index (χ0v) is 18.5. The normalized spacial score (nSPS) is 23.9. The molecule has 1 atom stereocenters. The van der Waals surface area contributed by atoms with Crippen LogP contribution in [-0.4, -0.2) is 53.3 Å². The maximum atomic E-state index is 13.1. The minimum absolute atomic E-state index is 0.0113. The fourth-order valence-corrected chi connectivity index (χ4v) is 5.82. The number of likely N-dealkylation sites (tertiary alicyclic amines) is 1. The Hall–Kier alpha value is -3.19. The van der Waals surface area contributed by atoms with Crippen molar-refractivity contribution in [3.05, 3.63) is 64.7 Å². The number of benzene rings is 2. The summed E-state index contributed by atoms with van der Waals surface area (Å²) in [5.41, 5.74) is 4.11. The maximum absolute atomic E-state index is 13.1. The molecule has 7 nitrogen and oxygen atoms in total. The second kappa shape index (κ2) is 7.70. The molecule has 0 aliphatic carbocycles. The lowest BCUT2D eigenvalue weighted by molar-refractivity contribution is -0.136. The van der Waals surface area contributed by atoms with Gasteiger partial charge in [-0.2, -0.15) is 0 Å². The highest BCUT2D eigenvalue weighted by molar-refractivity contribution is 6.05. The van der Waals surface area contributed by atoms with Crippen LogP contribution in [0.25, 0.3) is 0 Å². The maximum Gasteiger partial charge on any atom is 0.255 e. The molecule has 0 radical (unpaired) electrons. The van der Waals surface area contributed by atoms with E-state index in [2.05, 4.69) is 40.5 Å². The molecule has 1 spiro atoms. The Balaban J connectivity index is 1.20. The van der Waals surface area contributed by atoms with Crippen LogP contribution in [0.15, 0.2) is 42.5 Å². The average Bonchev–Trinajstić information content (AvgIpc) is 3.32. The van der Waals surface area contributed by atoms with Gasteiger partial charge in [0.1, 0.15) is 11.8 Å². The third-order valence-corrected chi connectivity index (χ3v) is 7.76. The van der Waals surface area contributed by atoms with Crippen molar-refractivity contribution in [2.75, 3.05) is 19.7 Å². The number of nitrogens with one attached hydrogen (secondary N) is 1. The fraction of sp³-hybridized carbons (Fsp3) is 0.423. The summed E-state index contributed by atoms with van der Waals surface area (Å²) in [4.78, 5) is 41.1. The highest BCUT2D eigenvalue weighted by Gasteiger charge is 2.46. The van der Waals surface area contributed by atoms with E-state index < -0.39 is 6.04 Å². The van der Waals surface area contributed by atoms with E-state index in [-0.39, 0.29) is 29.6 Å². The first-order valence-electron chi connectivity index (χ1n) is 11.7. The van der Waals surface area contributed by atoms with Crippen molar-refractivity contribution in [2.24, 2.45) is 0 Å². The second-order valence-electron chi connectivity index (χ2n) is 9.74. The summed E-state index contributed by atoms with van der Waals surface area (Å²) >= 11 is 0. The number of nitrogens with zero attached hydrogens (tertiary/aromatic N) is 2. The van der Waals surface area contributed by atoms with Gasteiger partial charge in [0, 0.05) is 36.1 Å². The summed E-state index contributed by atoms with van der Waals surface area (Å²) in [5, 5.41) is 2.37. The van der Waals surface area contributed by atoms with Crippen LogP contribution in [0.4, 0.5) is 0 Å². The van der Waals surface area contributed by atoms with Crippen LogP contribution in [0.5, 0.6) is 5.75 Å². The average molecular weight is 446 g/mol. The van der Waals surface area contributed by atoms with Gasteiger partial charge < -0.3 is 9.64 Å². The molecule has 2 fully saturated rings. The highest BCUT2D eigenvalue weighted by Crippen LogP contribution is 2.48. The lowest BCUT2D eigenvalue weighted by atomic mass is 9.74. The molecule has 1 N–H and O–H groups in total. The van der Waals surface area contributed by atoms with Crippen LogP contribution in [0.2, 0.25) is 0 Å². The first kappa shape index (κ1) is 20.4. The Bertz CT molecular complexity index is 1140. The number of piperidine rings is 2. The molecule has 0 saturated carbocycles. The van der Waals surface area contributed by atoms with Crippen LogP contribution in [-0.2, 0) is 28.1 Å². The van der Waals surface area contributed by atoms with E-state index in [1.165, 1.54) is 11.1 Å². The molecular formula is C26H27N3O4. The zero-order valence-electron chi connectivity index (χ0n) is 18.5. The van der Waals surface area contributed by atoms with Gasteiger partial charge in [-0.25, -0.2) is 0 Å². The first-order valence-corrected chi connectivity index (χ1v) is 11.7. The fourth-order valence-electron chi connectivity index (χ4n) is 5.82. The Morgan fingerprint density at radius 3 is 2.61 bits per heavy atom. The Kier molecular flexibility index (Phi) is 4.76. The highest BCUT2D eigenvalue weighted by atomic mass is 16.5. The lowest BCUT2D eigenvalue weighted by Gasteiger charge is -2.38. The molecule has 2 saturated heterocycles. The van der Waals surface area contributed by atoms with Crippen molar-refractivity contribution in [3.8, 4) is 5.75 Å². The predicted molar refractivity (Wildman–Crippen MR) is 121 cm³/mol. The summed E-state index contributed by atoms with van der Waals surface area (Å²) < 4.78 is 6.12. The third-order valence-electron chi connectivity index (χ3n) is 7.76. The number of carbonyl (C=O) groups is 3. The van der Waals surface area contributed by atoms with Crippen LogP contribution in [0.3, 0.4) is 0 Å². The molecule has 2 aromatic carbocycles. The van der Waals surface area contributed by atoms with Gasteiger partial charge >= 0.3 is 0 Å². The quantitative estimate of drug-likeness (QED) is 0.734. The number of fused-ring (bicyclic) bond motifs is 3. The molecule has 3 amide bonds. The van der Waals surface area contributed by atoms with Gasteiger partial charge in [-0.1, -0.05) is 30.3 Å². The summed E-state index contributed by atoms with van der Waals surface area (Å²) in [5.74, 6) is 0.0139. The van der Waals surface area contributed by atoms with Crippen molar-refractivity contribution in [3.63, 3.8) is 0 Å². The minimum Gasteiger partial charge on any atom is -0.492 e. The van der Waals surface area contributed by atoms with E-state index in [0.29, 0.717) is 25.1 Å². The molecule has 0 aromatic heterocycles. The summed E-state index contributed by atoms with van der Waals surface area (Å²) in [6, 6.07) is 14.0. The summed E-state index contributed by atoms with van der Waals surface area (Å²) in [6.07, 6.45) is 2.69. The molecule has 1 unspecified atom stereocenters. The van der Waals surface area contributed by atoms with Gasteiger partial charge in [-0.3, -0.25) is 24.6 Å². The van der Waals surface area contributed by atoms with E-state index in [0.717, 1.165) is 43.8 Å². The molecule has 0 bridgehead atoms. The van der Waals surface area contributed by atoms with Gasteiger partial charge in [0.15, 0.2) is 0 Å². The van der Waals surface area contributed by atoms with Crippen LogP contribution in [0, 0.1) is 0 Å². The molecular weight excluding hydrogens is 418 g/mol. The van der Waals surface area contributed by atoms with Crippen LogP contribution >= 0.6 is 0 Å². The van der Waals surface area contributed by atoms with Crippen molar-refractivity contribution >= 4 is 17.7 Å². The Morgan fingerprint density at radius 2 is 1.85 bits per heavy atom. The molecule has 4 heterocycles. The molecule has 4 aliphatic heterocycles. The van der Waals surface area contributed by atoms with Crippen molar-refractivity contribution in [2.45, 2.75) is 50.2 Å². The zero-order chi connectivity index (χ0) is 22.6. The van der Waals surface area contributed by atoms with Gasteiger partial charge in [-0.05, 0) is 55.6 Å². The van der Waals surface area contributed by atoms with Gasteiger partial charge in [0.25, 0.3) is 5.91 Å². The molecule has 6 rings (SSSR count). The molecule has 2 aromatic rings. The monoisotopic (exact) mass is 445 g/mol. The van der Waals surface area contributed by atoms with Gasteiger partial charge in [0.05, 0.1) is 6.61 Å². The lowest BCUT2D eigenvalue weighted by Crippen LogP contribution is -2.52. The van der Waals surface area contributed by atoms with Crippen LogP contribution < -0.4 is 10.1 Å². The number of ether oxygens (including phenoxy) is 1. The smallest absolute Gasteiger partial charge is 0.255 e. The Morgan fingerprint density at radius 1 is 1.06 bits per heavy atom. The minimum atomic E-state index is -0.589. The third kappa shape index (κ3) is 3.42. The Labute approximate surface area is 192 Å². The molecule has 4 aliphatic rings. The largest absolute Gasteiger partial charge is 0.492 e. The molecule has 7 heteroatoms. The number of amides is 3. The van der Waals surface area contributed by atoms with Gasteiger partial charge in [0.2, 0.25) is 11.8 Å². The second-order valence-corrected chi connectivity index (χ2v) is 9.74. The number of hydrogen-bond acceptors (Lipinski definition) is 5. The number of carbonyl (C=O) groups excluding carboxylic acids is 3.